The zero-order valence-corrected chi connectivity index (χ0v) is 20.8. The molecule has 0 spiro atoms. The number of aliphatic hydroxyl groups is 4. The molecule has 4 atom stereocenters. The van der Waals surface area contributed by atoms with Crippen LogP contribution < -0.4 is 0 Å². The first-order chi connectivity index (χ1) is 16.9. The minimum Gasteiger partial charge on any atom is -0.475 e. The van der Waals surface area contributed by atoms with Gasteiger partial charge in [0.1, 0.15) is 12.2 Å². The maximum absolute atomic E-state index is 10.6. The molecule has 0 aromatic carbocycles. The fraction of sp³-hybridized carbons (Fsp3) is 0.960. The van der Waals surface area contributed by atoms with Crippen LogP contribution in [0.5, 0.6) is 0 Å². The van der Waals surface area contributed by atoms with Crippen LogP contribution in [0, 0.1) is 23.2 Å². The molecule has 0 unspecified atom stereocenters. The van der Waals surface area contributed by atoms with Gasteiger partial charge in [-0.15, -0.1) is 0 Å². The second kappa shape index (κ2) is 12.7. The summed E-state index contributed by atoms with van der Waals surface area (Å²) >= 11 is 0. The van der Waals surface area contributed by atoms with Gasteiger partial charge < -0.3 is 30.3 Å². The Hall–Kier alpha value is -0.980. The first-order valence-corrected chi connectivity index (χ1v) is 13.2. The lowest BCUT2D eigenvalue weighted by molar-refractivity contribution is -0.192. The van der Waals surface area contributed by atoms with Crippen molar-refractivity contribution in [1.29, 1.82) is 0 Å². The van der Waals surface area contributed by atoms with E-state index in [4.69, 9.17) is 14.6 Å². The fourth-order valence-corrected chi connectivity index (χ4v) is 7.32. The average Bonchev–Trinajstić information content (AvgIpc) is 2.78. The second-order valence-corrected chi connectivity index (χ2v) is 11.4. The summed E-state index contributed by atoms with van der Waals surface area (Å²) in [6, 6.07) is -0.495. The number of hydrogen-bond donors (Lipinski definition) is 5. The third-order valence-corrected chi connectivity index (χ3v) is 8.63. The first kappa shape index (κ1) is 29.6. The van der Waals surface area contributed by atoms with Gasteiger partial charge in [0.05, 0.1) is 18.8 Å². The fourth-order valence-electron chi connectivity index (χ4n) is 7.32. The number of ether oxygens (including phenoxy) is 1. The van der Waals surface area contributed by atoms with Gasteiger partial charge in [-0.2, -0.15) is 13.2 Å². The number of β-amino-alcohol motifs (C(OH)–C–C–N with tert-alkyl or cyclic N) is 1. The van der Waals surface area contributed by atoms with Gasteiger partial charge in [0.15, 0.2) is 0 Å². The zero-order chi connectivity index (χ0) is 26.5. The number of carboxylic acid groups (broad SMARTS) is 1. The number of aliphatic carboxylic acids is 1. The SMILES string of the molecule is O=C(O)C(F)(F)F.OC[C@@H]1[C@@H](O)[C@H](O)[C@@H](O)CN1CCCCCOCCC12CC3CC(CC(C3)C1)C2. The summed E-state index contributed by atoms with van der Waals surface area (Å²) in [5, 5.41) is 46.3. The zero-order valence-electron chi connectivity index (χ0n) is 20.8. The summed E-state index contributed by atoms with van der Waals surface area (Å²) in [6.45, 7) is 2.50. The number of halogens is 3. The van der Waals surface area contributed by atoms with Crippen molar-refractivity contribution < 1.29 is 48.2 Å². The number of nitrogens with zero attached hydrogens (tertiary/aromatic N) is 1. The minimum atomic E-state index is -5.08. The molecular weight excluding hydrogens is 483 g/mol. The Morgan fingerprint density at radius 3 is 1.97 bits per heavy atom. The number of rotatable bonds is 10. The van der Waals surface area contributed by atoms with Crippen LogP contribution in [0.15, 0.2) is 0 Å². The van der Waals surface area contributed by atoms with Gasteiger partial charge in [0, 0.05) is 19.8 Å². The smallest absolute Gasteiger partial charge is 0.475 e. The quantitative estimate of drug-likeness (QED) is 0.275. The van der Waals surface area contributed by atoms with Gasteiger partial charge in [-0.3, -0.25) is 4.90 Å². The number of carbonyl (C=O) groups is 1. The molecule has 4 saturated carbocycles. The monoisotopic (exact) mass is 525 g/mol. The molecule has 8 nitrogen and oxygen atoms in total. The maximum atomic E-state index is 10.6. The van der Waals surface area contributed by atoms with Crippen molar-refractivity contribution in [3.63, 3.8) is 0 Å². The molecule has 1 heterocycles. The molecule has 0 radical (unpaired) electrons. The number of carboxylic acids is 1. The summed E-state index contributed by atoms with van der Waals surface area (Å²) in [7, 11) is 0. The maximum Gasteiger partial charge on any atom is 0.490 e. The van der Waals surface area contributed by atoms with E-state index in [-0.39, 0.29) is 6.61 Å². The molecule has 210 valence electrons. The van der Waals surface area contributed by atoms with Gasteiger partial charge >= 0.3 is 12.1 Å². The van der Waals surface area contributed by atoms with Gasteiger partial charge in [-0.25, -0.2) is 4.79 Å². The normalized spacial score (nSPS) is 38.0. The van der Waals surface area contributed by atoms with E-state index < -0.39 is 36.5 Å². The van der Waals surface area contributed by atoms with Gasteiger partial charge in [0.2, 0.25) is 0 Å². The largest absolute Gasteiger partial charge is 0.490 e. The van der Waals surface area contributed by atoms with Crippen LogP contribution in [0.2, 0.25) is 0 Å². The van der Waals surface area contributed by atoms with E-state index in [0.29, 0.717) is 18.5 Å². The molecule has 5 rings (SSSR count). The number of hydrogen-bond acceptors (Lipinski definition) is 7. The van der Waals surface area contributed by atoms with Gasteiger partial charge in [-0.05, 0) is 93.9 Å². The van der Waals surface area contributed by atoms with Crippen LogP contribution in [0.25, 0.3) is 0 Å². The van der Waals surface area contributed by atoms with Crippen molar-refractivity contribution in [2.75, 3.05) is 32.9 Å². The molecule has 5 aliphatic rings. The van der Waals surface area contributed by atoms with Crippen molar-refractivity contribution in [1.82, 2.24) is 4.90 Å². The molecule has 11 heteroatoms. The van der Waals surface area contributed by atoms with Crippen molar-refractivity contribution >= 4 is 5.97 Å². The number of likely N-dealkylation sites (tertiary alicyclic amines) is 1. The third-order valence-electron chi connectivity index (χ3n) is 8.63. The van der Waals surface area contributed by atoms with Gasteiger partial charge in [0.25, 0.3) is 0 Å². The number of aliphatic hydroxyl groups excluding tert-OH is 4. The number of piperidine rings is 1. The number of alkyl halides is 3. The van der Waals surface area contributed by atoms with Crippen LogP contribution in [-0.2, 0) is 9.53 Å². The lowest BCUT2D eigenvalue weighted by Gasteiger charge is -2.57. The highest BCUT2D eigenvalue weighted by molar-refractivity contribution is 5.73. The second-order valence-electron chi connectivity index (χ2n) is 11.4. The summed E-state index contributed by atoms with van der Waals surface area (Å²) in [6.07, 6.45) is 4.79. The van der Waals surface area contributed by atoms with E-state index in [0.717, 1.165) is 50.2 Å². The van der Waals surface area contributed by atoms with E-state index in [1.165, 1.54) is 44.9 Å². The van der Waals surface area contributed by atoms with E-state index in [2.05, 4.69) is 0 Å². The van der Waals surface area contributed by atoms with Crippen molar-refractivity contribution in [3.05, 3.63) is 0 Å². The van der Waals surface area contributed by atoms with Crippen LogP contribution in [0.3, 0.4) is 0 Å². The summed E-state index contributed by atoms with van der Waals surface area (Å²) in [4.78, 5) is 10.8. The Kier molecular flexibility index (Phi) is 10.4. The third kappa shape index (κ3) is 7.77. The Balaban J connectivity index is 0.000000454. The topological polar surface area (TPSA) is 131 Å². The average molecular weight is 526 g/mol. The van der Waals surface area contributed by atoms with Crippen LogP contribution in [0.4, 0.5) is 13.2 Å². The molecule has 0 amide bonds. The number of unbranched alkanes of at least 4 members (excludes halogenated alkanes) is 2. The standard InChI is InChI=1S/C23H41NO5.C2HF3O2/c25-15-19-21(27)22(28)20(26)14-24(19)5-2-1-3-6-29-7-4-23-11-16-8-17(12-23)10-18(9-16)13-23;3-2(4,5)1(6)7/h16-22,25-28H,1-15H2;(H,6,7)/t16?,17?,18?,19-,20+,21-,22-,23?;/m1./s1. The van der Waals surface area contributed by atoms with Crippen LogP contribution in [-0.4, -0.2) is 99.8 Å². The Bertz CT molecular complexity index is 672. The summed E-state index contributed by atoms with van der Waals surface area (Å²) in [5.41, 5.74) is 0.606. The minimum absolute atomic E-state index is 0.210. The highest BCUT2D eigenvalue weighted by Gasteiger charge is 2.50. The lowest BCUT2D eigenvalue weighted by Crippen LogP contribution is -2.62. The van der Waals surface area contributed by atoms with E-state index in [9.17, 15) is 33.6 Å². The van der Waals surface area contributed by atoms with E-state index in [1.807, 2.05) is 4.90 Å². The molecule has 4 aliphatic carbocycles. The highest BCUT2D eigenvalue weighted by atomic mass is 19.4. The van der Waals surface area contributed by atoms with Crippen molar-refractivity contribution in [2.45, 2.75) is 94.7 Å². The van der Waals surface area contributed by atoms with Gasteiger partial charge in [-0.1, -0.05) is 0 Å². The Morgan fingerprint density at radius 1 is 0.917 bits per heavy atom. The Labute approximate surface area is 210 Å². The summed E-state index contributed by atoms with van der Waals surface area (Å²) < 4.78 is 37.7. The molecule has 1 saturated heterocycles. The molecule has 5 fully saturated rings. The summed E-state index contributed by atoms with van der Waals surface area (Å²) in [5.74, 6) is 0.276. The lowest BCUT2D eigenvalue weighted by atomic mass is 9.49. The highest BCUT2D eigenvalue weighted by Crippen LogP contribution is 2.61. The van der Waals surface area contributed by atoms with E-state index >= 15 is 0 Å². The Morgan fingerprint density at radius 2 is 1.47 bits per heavy atom. The van der Waals surface area contributed by atoms with E-state index in [1.54, 1.807) is 0 Å². The molecule has 4 bridgehead atoms. The molecule has 0 aromatic rings. The van der Waals surface area contributed by atoms with Crippen LogP contribution >= 0.6 is 0 Å². The molecule has 0 aromatic heterocycles. The first-order valence-electron chi connectivity index (χ1n) is 13.2. The predicted molar refractivity (Wildman–Crippen MR) is 124 cm³/mol. The molecule has 36 heavy (non-hydrogen) atoms. The predicted octanol–water partition coefficient (Wildman–Crippen LogP) is 2.17. The molecular formula is C25H42F3NO7. The van der Waals surface area contributed by atoms with Crippen molar-refractivity contribution in [3.8, 4) is 0 Å². The van der Waals surface area contributed by atoms with Crippen LogP contribution in [0.1, 0.15) is 64.2 Å². The molecule has 1 aliphatic heterocycles. The van der Waals surface area contributed by atoms with Crippen molar-refractivity contribution in [2.24, 2.45) is 23.2 Å². The molecule has 5 N–H and O–H groups in total.